The fourth-order valence-electron chi connectivity index (χ4n) is 6.22. The van der Waals surface area contributed by atoms with Crippen molar-refractivity contribution >= 4 is 11.8 Å². The van der Waals surface area contributed by atoms with Gasteiger partial charge in [-0.25, -0.2) is 0 Å². The molecule has 1 aliphatic rings. The van der Waals surface area contributed by atoms with Gasteiger partial charge in [0.1, 0.15) is 12.7 Å². The summed E-state index contributed by atoms with van der Waals surface area (Å²) in [5, 5.41) is 0. The normalized spacial score (nSPS) is 15.5. The maximum absolute atomic E-state index is 13.3. The highest BCUT2D eigenvalue weighted by Gasteiger charge is 2.30. The minimum atomic E-state index is -0.439. The maximum atomic E-state index is 13.3. The van der Waals surface area contributed by atoms with Crippen molar-refractivity contribution in [2.45, 2.75) is 194 Å². The Hall–Kier alpha value is -1.10. The third kappa shape index (κ3) is 20.7. The van der Waals surface area contributed by atoms with Gasteiger partial charge in [-0.05, 0) is 32.1 Å². The van der Waals surface area contributed by atoms with Crippen LogP contribution in [0.5, 0.6) is 0 Å². The molecule has 1 heterocycles. The van der Waals surface area contributed by atoms with Crippen molar-refractivity contribution in [1.82, 2.24) is 9.80 Å². The van der Waals surface area contributed by atoms with Crippen LogP contribution in [-0.2, 0) is 14.3 Å². The number of carbonyl (C=O) groups is 2. The smallest absolute Gasteiger partial charge is 0.251 e. The highest BCUT2D eigenvalue weighted by molar-refractivity contribution is 5.82. The molecule has 248 valence electrons. The molecular weight excluding hydrogens is 520 g/mol. The van der Waals surface area contributed by atoms with E-state index in [0.717, 1.165) is 58.3 Å². The summed E-state index contributed by atoms with van der Waals surface area (Å²) in [5.74, 6) is 0.177. The molecule has 1 saturated heterocycles. The molecule has 0 aromatic rings. The molecule has 0 saturated carbocycles. The molecule has 0 N–H and O–H groups in total. The minimum Gasteiger partial charge on any atom is -0.359 e. The Morgan fingerprint density at radius 2 is 1.05 bits per heavy atom. The number of likely N-dealkylation sites (tertiary alicyclic amines) is 1. The predicted molar refractivity (Wildman–Crippen MR) is 180 cm³/mol. The third-order valence-electron chi connectivity index (χ3n) is 9.09. The Morgan fingerprint density at radius 1 is 0.643 bits per heavy atom. The summed E-state index contributed by atoms with van der Waals surface area (Å²) in [4.78, 5) is 30.3. The quantitative estimate of drug-likeness (QED) is 0.0780. The number of nitrogens with zero attached hydrogens (tertiary/aromatic N) is 2. The van der Waals surface area contributed by atoms with E-state index in [1.54, 1.807) is 0 Å². The number of unbranched alkanes of at least 4 members (excludes halogenated alkanes) is 21. The van der Waals surface area contributed by atoms with Crippen molar-refractivity contribution in [3.63, 3.8) is 0 Å². The molecule has 5 heteroatoms. The summed E-state index contributed by atoms with van der Waals surface area (Å²) in [6, 6.07) is 0. The SMILES string of the molecule is CCCCCCCCCCCCN(CCCCCCCCCCCC)C(=O)COC1CCCN(CCCCCC)C1=O. The van der Waals surface area contributed by atoms with Crippen LogP contribution in [0.1, 0.15) is 188 Å². The van der Waals surface area contributed by atoms with Gasteiger partial charge in [-0.2, -0.15) is 0 Å². The van der Waals surface area contributed by atoms with Crippen LogP contribution in [0.4, 0.5) is 0 Å². The Balaban J connectivity index is 2.39. The third-order valence-corrected chi connectivity index (χ3v) is 9.09. The number of carbonyl (C=O) groups excluding carboxylic acids is 2. The first-order chi connectivity index (χ1) is 20.6. The molecule has 0 aromatic heterocycles. The minimum absolute atomic E-state index is 0.0512. The van der Waals surface area contributed by atoms with E-state index in [1.165, 1.54) is 135 Å². The van der Waals surface area contributed by atoms with Crippen molar-refractivity contribution in [2.24, 2.45) is 0 Å². The van der Waals surface area contributed by atoms with Crippen LogP contribution in [0.25, 0.3) is 0 Å². The van der Waals surface area contributed by atoms with E-state index in [1.807, 2.05) is 9.80 Å². The van der Waals surface area contributed by atoms with Crippen molar-refractivity contribution in [2.75, 3.05) is 32.8 Å². The zero-order chi connectivity index (χ0) is 30.5. The Kier molecular flexibility index (Phi) is 26.6. The van der Waals surface area contributed by atoms with Crippen molar-refractivity contribution in [3.05, 3.63) is 0 Å². The second-order valence-electron chi connectivity index (χ2n) is 13.1. The van der Waals surface area contributed by atoms with E-state index in [-0.39, 0.29) is 18.4 Å². The molecule has 42 heavy (non-hydrogen) atoms. The average Bonchev–Trinajstić information content (AvgIpc) is 3.00. The van der Waals surface area contributed by atoms with Gasteiger partial charge >= 0.3 is 0 Å². The summed E-state index contributed by atoms with van der Waals surface area (Å²) in [6.07, 6.45) is 32.1. The van der Waals surface area contributed by atoms with Gasteiger partial charge < -0.3 is 14.5 Å². The molecule has 5 nitrogen and oxygen atoms in total. The van der Waals surface area contributed by atoms with E-state index in [0.29, 0.717) is 0 Å². The monoisotopic (exact) mass is 593 g/mol. The lowest BCUT2D eigenvalue weighted by Gasteiger charge is -2.32. The largest absolute Gasteiger partial charge is 0.359 e. The van der Waals surface area contributed by atoms with Crippen molar-refractivity contribution in [1.29, 1.82) is 0 Å². The van der Waals surface area contributed by atoms with E-state index in [9.17, 15) is 9.59 Å². The summed E-state index contributed by atoms with van der Waals surface area (Å²) >= 11 is 0. The predicted octanol–water partition coefficient (Wildman–Crippen LogP) is 10.2. The van der Waals surface area contributed by atoms with Gasteiger partial charge in [0.05, 0.1) is 0 Å². The van der Waals surface area contributed by atoms with E-state index in [4.69, 9.17) is 4.74 Å². The summed E-state index contributed by atoms with van der Waals surface area (Å²) in [5.41, 5.74) is 0. The lowest BCUT2D eigenvalue weighted by molar-refractivity contribution is -0.153. The number of ether oxygens (including phenoxy) is 1. The van der Waals surface area contributed by atoms with Crippen LogP contribution >= 0.6 is 0 Å². The average molecular weight is 593 g/mol. The van der Waals surface area contributed by atoms with Crippen LogP contribution in [0.3, 0.4) is 0 Å². The van der Waals surface area contributed by atoms with Gasteiger partial charge in [-0.15, -0.1) is 0 Å². The zero-order valence-electron chi connectivity index (χ0n) is 28.6. The Labute approximate surface area is 262 Å². The van der Waals surface area contributed by atoms with Crippen LogP contribution in [-0.4, -0.2) is 60.5 Å². The fraction of sp³-hybridized carbons (Fsp3) is 0.946. The van der Waals surface area contributed by atoms with Gasteiger partial charge in [0.15, 0.2) is 0 Å². The van der Waals surface area contributed by atoms with Crippen LogP contribution < -0.4 is 0 Å². The van der Waals surface area contributed by atoms with Crippen LogP contribution in [0, 0.1) is 0 Å². The summed E-state index contributed by atoms with van der Waals surface area (Å²) in [6.45, 7) is 10.1. The van der Waals surface area contributed by atoms with Gasteiger partial charge in [-0.1, -0.05) is 156 Å². The first-order valence-electron chi connectivity index (χ1n) is 18.8. The molecule has 0 spiro atoms. The molecule has 0 radical (unpaired) electrons. The van der Waals surface area contributed by atoms with Gasteiger partial charge in [0.2, 0.25) is 5.91 Å². The number of hydrogen-bond acceptors (Lipinski definition) is 3. The maximum Gasteiger partial charge on any atom is 0.251 e. The number of hydrogen-bond donors (Lipinski definition) is 0. The number of amides is 2. The first kappa shape index (κ1) is 38.9. The number of piperidine rings is 1. The standard InChI is InChI=1S/C37H72N2O3/c1-4-7-10-13-15-17-19-21-23-26-30-38(31-27-24-22-20-18-16-14-11-8-5-2)36(40)34-42-35-29-28-33-39(37(35)41)32-25-12-9-6-3/h35H,4-34H2,1-3H3. The van der Waals surface area contributed by atoms with Crippen molar-refractivity contribution in [3.8, 4) is 0 Å². The second kappa shape index (κ2) is 28.7. The van der Waals surface area contributed by atoms with Crippen molar-refractivity contribution < 1.29 is 14.3 Å². The molecule has 1 unspecified atom stereocenters. The highest BCUT2D eigenvalue weighted by atomic mass is 16.5. The lowest BCUT2D eigenvalue weighted by Crippen LogP contribution is -2.47. The molecule has 1 fully saturated rings. The molecule has 2 amide bonds. The Bertz CT molecular complexity index is 602. The summed E-state index contributed by atoms with van der Waals surface area (Å²) in [7, 11) is 0. The topological polar surface area (TPSA) is 49.9 Å². The lowest BCUT2D eigenvalue weighted by atomic mass is 10.1. The molecular formula is C37H72N2O3. The highest BCUT2D eigenvalue weighted by Crippen LogP contribution is 2.17. The number of rotatable bonds is 30. The summed E-state index contributed by atoms with van der Waals surface area (Å²) < 4.78 is 6.01. The van der Waals surface area contributed by atoms with Gasteiger partial charge in [-0.3, -0.25) is 9.59 Å². The Morgan fingerprint density at radius 3 is 1.50 bits per heavy atom. The zero-order valence-corrected chi connectivity index (χ0v) is 28.6. The second-order valence-corrected chi connectivity index (χ2v) is 13.1. The van der Waals surface area contributed by atoms with Gasteiger partial charge in [0.25, 0.3) is 5.91 Å². The van der Waals surface area contributed by atoms with Crippen LogP contribution in [0.2, 0.25) is 0 Å². The van der Waals surface area contributed by atoms with Gasteiger partial charge in [0, 0.05) is 26.2 Å². The van der Waals surface area contributed by atoms with E-state index < -0.39 is 6.10 Å². The fourth-order valence-corrected chi connectivity index (χ4v) is 6.22. The van der Waals surface area contributed by atoms with E-state index in [2.05, 4.69) is 20.8 Å². The molecule has 1 aliphatic heterocycles. The molecule has 0 aromatic carbocycles. The first-order valence-corrected chi connectivity index (χ1v) is 18.8. The van der Waals surface area contributed by atoms with Crippen LogP contribution in [0.15, 0.2) is 0 Å². The molecule has 1 atom stereocenters. The molecule has 0 bridgehead atoms. The molecule has 1 rings (SSSR count). The van der Waals surface area contributed by atoms with E-state index >= 15 is 0 Å². The molecule has 0 aliphatic carbocycles.